The molecule has 0 spiro atoms. The maximum Gasteiger partial charge on any atom is 0.303 e. The zero-order chi connectivity index (χ0) is 34.8. The van der Waals surface area contributed by atoms with Gasteiger partial charge in [0.1, 0.15) is 12.7 Å². The van der Waals surface area contributed by atoms with Crippen LogP contribution in [0.3, 0.4) is 0 Å². The fourth-order valence-electron chi connectivity index (χ4n) is 5.33. The van der Waals surface area contributed by atoms with Crippen LogP contribution in [0.15, 0.2) is 47.6 Å². The molecule has 5 unspecified atom stereocenters. The highest BCUT2D eigenvalue weighted by molar-refractivity contribution is 7.99. The lowest BCUT2D eigenvalue weighted by Gasteiger charge is -2.44. The van der Waals surface area contributed by atoms with Gasteiger partial charge in [0.2, 0.25) is 0 Å². The Morgan fingerprint density at radius 2 is 1.54 bits per heavy atom. The highest BCUT2D eigenvalue weighted by Gasteiger charge is 2.52. The summed E-state index contributed by atoms with van der Waals surface area (Å²) in [6, 6.07) is 13.3. The van der Waals surface area contributed by atoms with Gasteiger partial charge >= 0.3 is 23.9 Å². The molecular formula is C34H42N2O11S. The van der Waals surface area contributed by atoms with Crippen molar-refractivity contribution in [2.45, 2.75) is 95.4 Å². The van der Waals surface area contributed by atoms with Crippen LogP contribution in [-0.2, 0) is 49.4 Å². The number of methoxy groups -OCH3 is 1. The van der Waals surface area contributed by atoms with E-state index in [0.717, 1.165) is 42.1 Å². The van der Waals surface area contributed by atoms with Gasteiger partial charge in [0, 0.05) is 27.7 Å². The standard InChI is InChI=1S/C34H42N2O11S/c1-7-8-11-16-42-27-15-14-24(17-28(27)41-6)18-36-26-13-10-9-12-25(26)35-34(36)48-33-32(46-23(5)40)31(45-22(4)39)30(44-21(3)38)29(47-33)19-43-20(2)37/h9-10,12-15,17,29-33H,7-8,11,16,18-19H2,1-6H3. The molecule has 4 rings (SSSR count). The number of para-hydroxylation sites is 2. The molecule has 2 heterocycles. The van der Waals surface area contributed by atoms with E-state index in [2.05, 4.69) is 6.92 Å². The first-order valence-corrected chi connectivity index (χ1v) is 16.6. The number of benzene rings is 2. The second-order valence-corrected chi connectivity index (χ2v) is 12.3. The Balaban J connectivity index is 1.72. The van der Waals surface area contributed by atoms with E-state index in [1.807, 2.05) is 47.0 Å². The van der Waals surface area contributed by atoms with Gasteiger partial charge in [-0.2, -0.15) is 0 Å². The summed E-state index contributed by atoms with van der Waals surface area (Å²) < 4.78 is 41.9. The fraction of sp³-hybridized carbons (Fsp3) is 0.500. The van der Waals surface area contributed by atoms with Gasteiger partial charge < -0.3 is 37.7 Å². The summed E-state index contributed by atoms with van der Waals surface area (Å²) in [5.74, 6) is -1.42. The predicted molar refractivity (Wildman–Crippen MR) is 175 cm³/mol. The Morgan fingerprint density at radius 3 is 2.21 bits per heavy atom. The first-order chi connectivity index (χ1) is 23.0. The molecule has 0 saturated carbocycles. The van der Waals surface area contributed by atoms with E-state index in [4.69, 9.17) is 38.1 Å². The largest absolute Gasteiger partial charge is 0.493 e. The molecule has 2 aromatic carbocycles. The van der Waals surface area contributed by atoms with Gasteiger partial charge in [0.15, 0.2) is 40.4 Å². The number of hydrogen-bond acceptors (Lipinski definition) is 13. The highest BCUT2D eigenvalue weighted by atomic mass is 32.2. The van der Waals surface area contributed by atoms with Crippen LogP contribution in [-0.4, -0.2) is 83.6 Å². The minimum absolute atomic E-state index is 0.321. The maximum absolute atomic E-state index is 12.4. The average Bonchev–Trinajstić information content (AvgIpc) is 3.37. The van der Waals surface area contributed by atoms with Crippen molar-refractivity contribution in [3.05, 3.63) is 48.0 Å². The Morgan fingerprint density at radius 1 is 0.854 bits per heavy atom. The zero-order valence-electron chi connectivity index (χ0n) is 28.0. The van der Waals surface area contributed by atoms with Crippen LogP contribution in [0, 0.1) is 0 Å². The van der Waals surface area contributed by atoms with Crippen LogP contribution in [0.25, 0.3) is 11.0 Å². The van der Waals surface area contributed by atoms with Gasteiger partial charge in [-0.05, 0) is 36.2 Å². The SMILES string of the molecule is CCCCCOc1ccc(Cn2c(SC3OC(COC(C)=O)C(OC(C)=O)C(OC(C)=O)C3OC(C)=O)nc3ccccc32)cc1OC. The van der Waals surface area contributed by atoms with Crippen LogP contribution in [0.5, 0.6) is 11.5 Å². The third-order valence-electron chi connectivity index (χ3n) is 7.36. The molecule has 3 aromatic rings. The number of fused-ring (bicyclic) bond motifs is 1. The summed E-state index contributed by atoms with van der Waals surface area (Å²) in [5, 5.41) is 0.496. The average molecular weight is 687 g/mol. The highest BCUT2D eigenvalue weighted by Crippen LogP contribution is 2.39. The monoisotopic (exact) mass is 686 g/mol. The fourth-order valence-corrected chi connectivity index (χ4v) is 6.52. The van der Waals surface area contributed by atoms with E-state index in [-0.39, 0.29) is 6.61 Å². The van der Waals surface area contributed by atoms with Crippen LogP contribution >= 0.6 is 11.8 Å². The normalized spacial score (nSPS) is 20.5. The number of hydrogen-bond donors (Lipinski definition) is 0. The van der Waals surface area contributed by atoms with E-state index in [9.17, 15) is 19.2 Å². The molecule has 0 radical (unpaired) electrons. The van der Waals surface area contributed by atoms with E-state index in [1.54, 1.807) is 7.11 Å². The van der Waals surface area contributed by atoms with Gasteiger partial charge in [-0.3, -0.25) is 19.2 Å². The van der Waals surface area contributed by atoms with Gasteiger partial charge in [-0.15, -0.1) is 0 Å². The van der Waals surface area contributed by atoms with E-state index in [0.29, 0.717) is 35.3 Å². The van der Waals surface area contributed by atoms with Gasteiger partial charge in [0.25, 0.3) is 0 Å². The second-order valence-electron chi connectivity index (χ2n) is 11.2. The summed E-state index contributed by atoms with van der Waals surface area (Å²) >= 11 is 1.13. The zero-order valence-corrected chi connectivity index (χ0v) is 28.8. The summed E-state index contributed by atoms with van der Waals surface area (Å²) in [7, 11) is 1.59. The summed E-state index contributed by atoms with van der Waals surface area (Å²) in [6.45, 7) is 7.58. The van der Waals surface area contributed by atoms with Crippen LogP contribution < -0.4 is 9.47 Å². The molecule has 0 aliphatic carbocycles. The molecular weight excluding hydrogens is 644 g/mol. The predicted octanol–water partition coefficient (Wildman–Crippen LogP) is 4.84. The molecule has 1 fully saturated rings. The Bertz CT molecular complexity index is 1590. The number of aromatic nitrogens is 2. The molecule has 48 heavy (non-hydrogen) atoms. The lowest BCUT2D eigenvalue weighted by Crippen LogP contribution is -2.61. The number of carbonyl (C=O) groups is 4. The maximum atomic E-state index is 12.4. The van der Waals surface area contributed by atoms with Crippen molar-refractivity contribution in [1.29, 1.82) is 0 Å². The lowest BCUT2D eigenvalue weighted by atomic mass is 9.99. The van der Waals surface area contributed by atoms with E-state index >= 15 is 0 Å². The van der Waals surface area contributed by atoms with Crippen molar-refractivity contribution in [3.8, 4) is 11.5 Å². The molecule has 1 aromatic heterocycles. The van der Waals surface area contributed by atoms with Crippen molar-refractivity contribution in [1.82, 2.24) is 9.55 Å². The molecule has 0 bridgehead atoms. The number of nitrogens with zero attached hydrogens (tertiary/aromatic N) is 2. The van der Waals surface area contributed by atoms with Crippen molar-refractivity contribution in [2.75, 3.05) is 20.3 Å². The molecule has 14 heteroatoms. The van der Waals surface area contributed by atoms with Crippen LogP contribution in [0.2, 0.25) is 0 Å². The van der Waals surface area contributed by atoms with Crippen molar-refractivity contribution in [2.24, 2.45) is 0 Å². The van der Waals surface area contributed by atoms with Crippen molar-refractivity contribution < 1.29 is 52.3 Å². The van der Waals surface area contributed by atoms with E-state index < -0.39 is 53.7 Å². The van der Waals surface area contributed by atoms with Gasteiger partial charge in [0.05, 0.1) is 31.3 Å². The van der Waals surface area contributed by atoms with Crippen LogP contribution in [0.4, 0.5) is 0 Å². The number of thioether (sulfide) groups is 1. The summed E-state index contributed by atoms with van der Waals surface area (Å²) in [4.78, 5) is 53.4. The first kappa shape index (κ1) is 36.5. The summed E-state index contributed by atoms with van der Waals surface area (Å²) in [5.41, 5.74) is 1.40. The number of carbonyl (C=O) groups excluding carboxylic acids is 4. The van der Waals surface area contributed by atoms with Crippen molar-refractivity contribution >= 4 is 46.7 Å². The molecule has 260 valence electrons. The van der Waals surface area contributed by atoms with Gasteiger partial charge in [-0.1, -0.05) is 49.7 Å². The van der Waals surface area contributed by atoms with Crippen molar-refractivity contribution in [3.63, 3.8) is 0 Å². The summed E-state index contributed by atoms with van der Waals surface area (Å²) in [6.07, 6.45) is -1.72. The molecule has 1 aliphatic rings. The molecule has 1 aliphatic heterocycles. The lowest BCUT2D eigenvalue weighted by molar-refractivity contribution is -0.237. The Hall–Kier alpha value is -4.30. The topological polar surface area (TPSA) is 151 Å². The molecule has 0 N–H and O–H groups in total. The number of esters is 4. The third-order valence-corrected chi connectivity index (χ3v) is 8.50. The van der Waals surface area contributed by atoms with E-state index in [1.165, 1.54) is 27.7 Å². The Labute approximate surface area is 283 Å². The third kappa shape index (κ3) is 9.63. The molecule has 0 amide bonds. The number of imidazole rings is 1. The number of unbranched alkanes of at least 4 members (excludes halogenated alkanes) is 2. The Kier molecular flexibility index (Phi) is 13.1. The second kappa shape index (κ2) is 17.2. The number of rotatable bonds is 15. The molecule has 5 atom stereocenters. The minimum Gasteiger partial charge on any atom is -0.493 e. The quantitative estimate of drug-likeness (QED) is 0.122. The minimum atomic E-state index is -1.28. The smallest absolute Gasteiger partial charge is 0.303 e. The van der Waals surface area contributed by atoms with Gasteiger partial charge in [-0.25, -0.2) is 4.98 Å². The van der Waals surface area contributed by atoms with Crippen LogP contribution in [0.1, 0.15) is 59.4 Å². The molecule has 1 saturated heterocycles. The molecule has 13 nitrogen and oxygen atoms in total. The number of ether oxygens (including phenoxy) is 7. The first-order valence-electron chi connectivity index (χ1n) is 15.7.